The highest BCUT2D eigenvalue weighted by molar-refractivity contribution is 5.81. The largest absolute Gasteiger partial charge is 0.504 e. The van der Waals surface area contributed by atoms with Gasteiger partial charge in [0.2, 0.25) is 0 Å². The molecular weight excluding hydrogens is 222 g/mol. The minimum atomic E-state index is -0.398. The lowest BCUT2D eigenvalue weighted by molar-refractivity contribution is -0.143. The molecule has 0 saturated heterocycles. The molecule has 0 fully saturated rings. The molecular formula is C12H15NO4. The Morgan fingerprint density at radius 2 is 2.24 bits per heavy atom. The fraction of sp³-hybridized carbons (Fsp3) is 0.333. The van der Waals surface area contributed by atoms with E-state index in [0.29, 0.717) is 17.9 Å². The van der Waals surface area contributed by atoms with E-state index < -0.39 is 5.97 Å². The number of benzene rings is 1. The molecule has 0 bridgehead atoms. The van der Waals surface area contributed by atoms with Gasteiger partial charge in [0.05, 0.1) is 12.8 Å². The zero-order chi connectivity index (χ0) is 12.7. The molecule has 1 N–H and O–H groups in total. The number of carbonyl (C=O) groups is 1. The first-order chi connectivity index (χ1) is 8.17. The SMILES string of the molecule is CCOc1cc(/C=N/OC(=O)CC)ccc1O. The third-order valence-corrected chi connectivity index (χ3v) is 1.93. The lowest BCUT2D eigenvalue weighted by Gasteiger charge is -2.05. The number of nitrogens with zero attached hydrogens (tertiary/aromatic N) is 1. The molecule has 92 valence electrons. The maximum Gasteiger partial charge on any atom is 0.334 e. The maximum atomic E-state index is 10.8. The van der Waals surface area contributed by atoms with Crippen LogP contribution in [0.25, 0.3) is 0 Å². The van der Waals surface area contributed by atoms with E-state index >= 15 is 0 Å². The van der Waals surface area contributed by atoms with E-state index in [1.807, 2.05) is 6.92 Å². The molecule has 1 rings (SSSR count). The van der Waals surface area contributed by atoms with Crippen LogP contribution in [0.4, 0.5) is 0 Å². The van der Waals surface area contributed by atoms with Crippen LogP contribution < -0.4 is 4.74 Å². The van der Waals surface area contributed by atoms with Gasteiger partial charge in [-0.05, 0) is 25.1 Å². The quantitative estimate of drug-likeness (QED) is 0.483. The van der Waals surface area contributed by atoms with Crippen molar-refractivity contribution in [2.24, 2.45) is 5.16 Å². The van der Waals surface area contributed by atoms with Crippen LogP contribution in [0.5, 0.6) is 11.5 Å². The second-order valence-corrected chi connectivity index (χ2v) is 3.21. The number of hydrogen-bond acceptors (Lipinski definition) is 5. The van der Waals surface area contributed by atoms with Crippen LogP contribution in [0.2, 0.25) is 0 Å². The van der Waals surface area contributed by atoms with E-state index in [1.165, 1.54) is 12.3 Å². The highest BCUT2D eigenvalue weighted by Crippen LogP contribution is 2.26. The molecule has 0 saturated carbocycles. The van der Waals surface area contributed by atoms with Gasteiger partial charge in [-0.1, -0.05) is 12.1 Å². The van der Waals surface area contributed by atoms with Crippen molar-refractivity contribution in [3.05, 3.63) is 23.8 Å². The summed E-state index contributed by atoms with van der Waals surface area (Å²) in [5.74, 6) is 0.0397. The molecule has 0 aliphatic heterocycles. The van der Waals surface area contributed by atoms with Crippen molar-refractivity contribution in [1.82, 2.24) is 0 Å². The lowest BCUT2D eigenvalue weighted by Crippen LogP contribution is -1.97. The van der Waals surface area contributed by atoms with Gasteiger partial charge >= 0.3 is 5.97 Å². The van der Waals surface area contributed by atoms with Crippen molar-refractivity contribution in [3.63, 3.8) is 0 Å². The van der Waals surface area contributed by atoms with Crippen LogP contribution in [-0.2, 0) is 9.63 Å². The summed E-state index contributed by atoms with van der Waals surface area (Å²) in [4.78, 5) is 15.4. The molecule has 0 aliphatic rings. The third-order valence-electron chi connectivity index (χ3n) is 1.93. The van der Waals surface area contributed by atoms with E-state index in [-0.39, 0.29) is 12.2 Å². The van der Waals surface area contributed by atoms with Crippen LogP contribution in [0.3, 0.4) is 0 Å². The molecule has 0 unspecified atom stereocenters. The molecule has 0 radical (unpaired) electrons. The van der Waals surface area contributed by atoms with Crippen molar-refractivity contribution in [2.75, 3.05) is 6.61 Å². The number of phenolic OH excluding ortho intramolecular Hbond substituents is 1. The number of ether oxygens (including phenoxy) is 1. The summed E-state index contributed by atoms with van der Waals surface area (Å²) in [6.07, 6.45) is 1.66. The Hall–Kier alpha value is -2.04. The summed E-state index contributed by atoms with van der Waals surface area (Å²) in [5, 5.41) is 13.0. The standard InChI is InChI=1S/C12H15NO4/c1-3-12(15)17-13-8-9-5-6-10(14)11(7-9)16-4-2/h5-8,14H,3-4H2,1-2H3/b13-8+. The molecule has 1 aromatic rings. The Kier molecular flexibility index (Phi) is 5.00. The van der Waals surface area contributed by atoms with Gasteiger partial charge in [0, 0.05) is 12.0 Å². The van der Waals surface area contributed by atoms with Gasteiger partial charge in [-0.25, -0.2) is 4.79 Å². The van der Waals surface area contributed by atoms with Gasteiger partial charge in [0.25, 0.3) is 0 Å². The van der Waals surface area contributed by atoms with Gasteiger partial charge in [-0.15, -0.1) is 0 Å². The molecule has 5 nitrogen and oxygen atoms in total. The van der Waals surface area contributed by atoms with E-state index in [4.69, 9.17) is 4.74 Å². The van der Waals surface area contributed by atoms with Crippen molar-refractivity contribution < 1.29 is 19.5 Å². The maximum absolute atomic E-state index is 10.8. The molecule has 0 spiro atoms. The minimum absolute atomic E-state index is 0.0644. The van der Waals surface area contributed by atoms with Crippen LogP contribution in [0, 0.1) is 0 Å². The average molecular weight is 237 g/mol. The molecule has 1 aromatic carbocycles. The zero-order valence-corrected chi connectivity index (χ0v) is 9.84. The smallest absolute Gasteiger partial charge is 0.334 e. The summed E-state index contributed by atoms with van der Waals surface area (Å²) in [6.45, 7) is 3.97. The molecule has 0 aliphatic carbocycles. The van der Waals surface area contributed by atoms with Gasteiger partial charge in [-0.3, -0.25) is 0 Å². The number of oxime groups is 1. The summed E-state index contributed by atoms with van der Waals surface area (Å²) >= 11 is 0. The first kappa shape index (κ1) is 13.0. The van der Waals surface area contributed by atoms with Gasteiger partial charge in [-0.2, -0.15) is 0 Å². The monoisotopic (exact) mass is 237 g/mol. The first-order valence-corrected chi connectivity index (χ1v) is 5.36. The Labute approximate surface area is 99.7 Å². The normalized spacial score (nSPS) is 10.5. The third kappa shape index (κ3) is 4.14. The van der Waals surface area contributed by atoms with Crippen molar-refractivity contribution >= 4 is 12.2 Å². The number of hydrogen-bond donors (Lipinski definition) is 1. The molecule has 0 amide bonds. The van der Waals surface area contributed by atoms with Gasteiger partial charge < -0.3 is 14.7 Å². The van der Waals surface area contributed by atoms with E-state index in [0.717, 1.165) is 0 Å². The summed E-state index contributed by atoms with van der Waals surface area (Å²) < 4.78 is 5.21. The zero-order valence-electron chi connectivity index (χ0n) is 9.84. The van der Waals surface area contributed by atoms with E-state index in [2.05, 4.69) is 9.99 Å². The Morgan fingerprint density at radius 3 is 2.88 bits per heavy atom. The summed E-state index contributed by atoms with van der Waals surface area (Å²) in [5.41, 5.74) is 0.676. The first-order valence-electron chi connectivity index (χ1n) is 5.36. The predicted molar refractivity (Wildman–Crippen MR) is 63.3 cm³/mol. The Morgan fingerprint density at radius 1 is 1.47 bits per heavy atom. The summed E-state index contributed by atoms with van der Waals surface area (Å²) in [6, 6.07) is 4.75. The highest BCUT2D eigenvalue weighted by Gasteiger charge is 2.02. The average Bonchev–Trinajstić information content (AvgIpc) is 2.33. The topological polar surface area (TPSA) is 68.1 Å². The number of aromatic hydroxyl groups is 1. The highest BCUT2D eigenvalue weighted by atomic mass is 16.7. The number of phenols is 1. The van der Waals surface area contributed by atoms with E-state index in [9.17, 15) is 9.90 Å². The molecule has 5 heteroatoms. The second kappa shape index (κ2) is 6.52. The minimum Gasteiger partial charge on any atom is -0.504 e. The van der Waals surface area contributed by atoms with Crippen LogP contribution in [-0.4, -0.2) is 23.9 Å². The lowest BCUT2D eigenvalue weighted by atomic mass is 10.2. The van der Waals surface area contributed by atoms with Gasteiger partial charge in [0.1, 0.15) is 0 Å². The fourth-order valence-electron chi connectivity index (χ4n) is 1.09. The van der Waals surface area contributed by atoms with Crippen molar-refractivity contribution in [2.45, 2.75) is 20.3 Å². The fourth-order valence-corrected chi connectivity index (χ4v) is 1.09. The Balaban J connectivity index is 2.71. The number of rotatable bonds is 5. The molecule has 17 heavy (non-hydrogen) atoms. The van der Waals surface area contributed by atoms with Crippen molar-refractivity contribution in [1.29, 1.82) is 0 Å². The predicted octanol–water partition coefficient (Wildman–Crippen LogP) is 2.08. The van der Waals surface area contributed by atoms with Crippen LogP contribution in [0.1, 0.15) is 25.8 Å². The molecule has 0 atom stereocenters. The molecule has 0 aromatic heterocycles. The molecule has 0 heterocycles. The summed E-state index contributed by atoms with van der Waals surface area (Å²) in [7, 11) is 0. The van der Waals surface area contributed by atoms with Crippen molar-refractivity contribution in [3.8, 4) is 11.5 Å². The number of carbonyl (C=O) groups excluding carboxylic acids is 1. The Bertz CT molecular complexity index is 415. The van der Waals surface area contributed by atoms with Crippen LogP contribution >= 0.6 is 0 Å². The van der Waals surface area contributed by atoms with E-state index in [1.54, 1.807) is 19.1 Å². The van der Waals surface area contributed by atoms with Crippen LogP contribution in [0.15, 0.2) is 23.4 Å². The second-order valence-electron chi connectivity index (χ2n) is 3.21. The van der Waals surface area contributed by atoms with Gasteiger partial charge in [0.15, 0.2) is 11.5 Å².